The van der Waals surface area contributed by atoms with E-state index < -0.39 is 5.60 Å². The number of hydrogen-bond acceptors (Lipinski definition) is 1. The second-order valence-electron chi connectivity index (χ2n) is 5.21. The first-order valence-corrected chi connectivity index (χ1v) is 6.26. The van der Waals surface area contributed by atoms with Crippen LogP contribution in [0.3, 0.4) is 0 Å². The Kier molecular flexibility index (Phi) is 3.21. The number of rotatable bonds is 3. The average molecular weight is 228 g/mol. The van der Waals surface area contributed by atoms with E-state index in [1.54, 1.807) is 0 Å². The van der Waals surface area contributed by atoms with E-state index in [4.69, 9.17) is 0 Å². The molecule has 0 radical (unpaired) electrons. The van der Waals surface area contributed by atoms with Gasteiger partial charge in [0.05, 0.1) is 5.60 Å². The molecule has 1 nitrogen and oxygen atoms in total. The number of hydrogen-bond donors (Lipinski definition) is 1. The highest BCUT2D eigenvalue weighted by Crippen LogP contribution is 2.25. The molecule has 0 unspecified atom stereocenters. The summed E-state index contributed by atoms with van der Waals surface area (Å²) in [5.41, 5.74) is 1.58. The van der Waals surface area contributed by atoms with E-state index in [0.29, 0.717) is 0 Å². The lowest BCUT2D eigenvalue weighted by molar-refractivity contribution is 0.0787. The molecule has 1 heteroatoms. The van der Waals surface area contributed by atoms with Crippen LogP contribution in [0.1, 0.15) is 38.3 Å². The predicted octanol–water partition coefficient (Wildman–Crippen LogP) is 4.02. The van der Waals surface area contributed by atoms with Gasteiger partial charge in [0, 0.05) is 0 Å². The lowest BCUT2D eigenvalue weighted by Crippen LogP contribution is -2.14. The first-order valence-electron chi connectivity index (χ1n) is 6.26. The molecule has 0 aliphatic heterocycles. The third kappa shape index (κ3) is 2.67. The summed E-state index contributed by atoms with van der Waals surface area (Å²) in [6.07, 6.45) is 2.30. The highest BCUT2D eigenvalue weighted by molar-refractivity contribution is 5.84. The van der Waals surface area contributed by atoms with Crippen LogP contribution in [0.15, 0.2) is 36.4 Å². The largest absolute Gasteiger partial charge is 0.386 e. The minimum Gasteiger partial charge on any atom is -0.386 e. The van der Waals surface area contributed by atoms with Gasteiger partial charge >= 0.3 is 0 Å². The molecule has 0 bridgehead atoms. The number of aliphatic hydroxyl groups is 1. The molecule has 1 N–H and O–H groups in total. The van der Waals surface area contributed by atoms with Crippen molar-refractivity contribution in [1.82, 2.24) is 0 Å². The maximum atomic E-state index is 9.99. The first-order chi connectivity index (χ1) is 8.00. The molecule has 0 spiro atoms. The van der Waals surface area contributed by atoms with Crippen molar-refractivity contribution in [3.05, 3.63) is 47.5 Å². The van der Waals surface area contributed by atoms with Crippen molar-refractivity contribution >= 4 is 10.8 Å². The van der Waals surface area contributed by atoms with Crippen molar-refractivity contribution in [2.45, 2.75) is 39.2 Å². The van der Waals surface area contributed by atoms with E-state index in [0.717, 1.165) is 12.0 Å². The topological polar surface area (TPSA) is 20.2 Å². The molecule has 0 aromatic heterocycles. The van der Waals surface area contributed by atoms with E-state index in [1.165, 1.54) is 22.8 Å². The van der Waals surface area contributed by atoms with Crippen LogP contribution >= 0.6 is 0 Å². The summed E-state index contributed by atoms with van der Waals surface area (Å²) in [6, 6.07) is 12.8. The van der Waals surface area contributed by atoms with Gasteiger partial charge in [0.15, 0.2) is 0 Å². The molecule has 0 atom stereocenters. The van der Waals surface area contributed by atoms with Crippen LogP contribution in [-0.4, -0.2) is 5.11 Å². The molecule has 0 aliphatic rings. The maximum absolute atomic E-state index is 9.99. The summed E-state index contributed by atoms with van der Waals surface area (Å²) in [4.78, 5) is 0. The normalized spacial score (nSPS) is 12.0. The minimum atomic E-state index is -0.768. The monoisotopic (exact) mass is 228 g/mol. The third-order valence-corrected chi connectivity index (χ3v) is 3.15. The van der Waals surface area contributed by atoms with Gasteiger partial charge in [0.1, 0.15) is 0 Å². The summed E-state index contributed by atoms with van der Waals surface area (Å²) in [7, 11) is 0. The fraction of sp³-hybridized carbons (Fsp3) is 0.375. The fourth-order valence-electron chi connectivity index (χ4n) is 2.12. The first kappa shape index (κ1) is 12.1. The third-order valence-electron chi connectivity index (χ3n) is 3.15. The zero-order valence-corrected chi connectivity index (χ0v) is 10.8. The lowest BCUT2D eigenvalue weighted by Gasteiger charge is -2.18. The highest BCUT2D eigenvalue weighted by Gasteiger charge is 2.15. The van der Waals surface area contributed by atoms with Crippen LogP contribution in [0.4, 0.5) is 0 Å². The number of fused-ring (bicyclic) bond motifs is 1. The van der Waals surface area contributed by atoms with Crippen LogP contribution in [-0.2, 0) is 12.0 Å². The summed E-state index contributed by atoms with van der Waals surface area (Å²) in [6.45, 7) is 5.83. The van der Waals surface area contributed by atoms with Gasteiger partial charge in [-0.05, 0) is 48.2 Å². The Balaban J connectivity index is 2.47. The molecule has 0 fully saturated rings. The number of benzene rings is 2. The van der Waals surface area contributed by atoms with E-state index in [1.807, 2.05) is 19.9 Å². The molecule has 2 rings (SSSR count). The minimum absolute atomic E-state index is 0.768. The number of aryl methyl sites for hydroxylation is 1. The van der Waals surface area contributed by atoms with Gasteiger partial charge in [0.2, 0.25) is 0 Å². The molecule has 90 valence electrons. The van der Waals surface area contributed by atoms with Crippen LogP contribution in [0.2, 0.25) is 0 Å². The molecule has 0 saturated carbocycles. The summed E-state index contributed by atoms with van der Waals surface area (Å²) in [5.74, 6) is 0. The van der Waals surface area contributed by atoms with E-state index >= 15 is 0 Å². The van der Waals surface area contributed by atoms with Gasteiger partial charge in [-0.1, -0.05) is 43.7 Å². The van der Waals surface area contributed by atoms with Crippen molar-refractivity contribution in [1.29, 1.82) is 0 Å². The maximum Gasteiger partial charge on any atom is 0.0840 e. The van der Waals surface area contributed by atoms with Gasteiger partial charge in [-0.2, -0.15) is 0 Å². The summed E-state index contributed by atoms with van der Waals surface area (Å²) < 4.78 is 0. The van der Waals surface area contributed by atoms with E-state index in [-0.39, 0.29) is 0 Å². The molecular weight excluding hydrogens is 208 g/mol. The smallest absolute Gasteiger partial charge is 0.0840 e. The molecule has 0 aliphatic carbocycles. The Bertz CT molecular complexity index is 521. The van der Waals surface area contributed by atoms with Gasteiger partial charge in [-0.25, -0.2) is 0 Å². The van der Waals surface area contributed by atoms with Crippen LogP contribution < -0.4 is 0 Å². The van der Waals surface area contributed by atoms with Crippen LogP contribution in [0.25, 0.3) is 10.8 Å². The Labute approximate surface area is 103 Å². The Hall–Kier alpha value is -1.34. The van der Waals surface area contributed by atoms with Crippen molar-refractivity contribution < 1.29 is 5.11 Å². The van der Waals surface area contributed by atoms with Gasteiger partial charge in [0.25, 0.3) is 0 Å². The van der Waals surface area contributed by atoms with Gasteiger partial charge < -0.3 is 5.11 Å². The Morgan fingerprint density at radius 2 is 1.65 bits per heavy atom. The second-order valence-corrected chi connectivity index (χ2v) is 5.21. The molecule has 0 heterocycles. The Morgan fingerprint density at radius 3 is 2.29 bits per heavy atom. The summed E-state index contributed by atoms with van der Waals surface area (Å²) >= 11 is 0. The van der Waals surface area contributed by atoms with Gasteiger partial charge in [-0.15, -0.1) is 0 Å². The fourth-order valence-corrected chi connectivity index (χ4v) is 2.12. The molecule has 0 amide bonds. The quantitative estimate of drug-likeness (QED) is 0.841. The van der Waals surface area contributed by atoms with Crippen LogP contribution in [0, 0.1) is 0 Å². The van der Waals surface area contributed by atoms with Crippen molar-refractivity contribution in [3.8, 4) is 0 Å². The van der Waals surface area contributed by atoms with Crippen molar-refractivity contribution in [2.75, 3.05) is 0 Å². The van der Waals surface area contributed by atoms with Gasteiger partial charge in [-0.3, -0.25) is 0 Å². The average Bonchev–Trinajstić information content (AvgIpc) is 2.27. The van der Waals surface area contributed by atoms with E-state index in [9.17, 15) is 5.11 Å². The lowest BCUT2D eigenvalue weighted by atomic mass is 9.94. The van der Waals surface area contributed by atoms with Crippen molar-refractivity contribution in [2.24, 2.45) is 0 Å². The molecule has 2 aromatic carbocycles. The SMILES string of the molecule is CCCc1ccc2cc(C(C)(C)O)ccc2c1. The van der Waals surface area contributed by atoms with E-state index in [2.05, 4.69) is 37.3 Å². The zero-order chi connectivity index (χ0) is 12.5. The highest BCUT2D eigenvalue weighted by atomic mass is 16.3. The van der Waals surface area contributed by atoms with Crippen molar-refractivity contribution in [3.63, 3.8) is 0 Å². The zero-order valence-electron chi connectivity index (χ0n) is 10.8. The summed E-state index contributed by atoms with van der Waals surface area (Å²) in [5, 5.41) is 12.4. The second kappa shape index (κ2) is 4.50. The Morgan fingerprint density at radius 1 is 1.00 bits per heavy atom. The molecule has 0 saturated heterocycles. The molecule has 2 aromatic rings. The molecular formula is C16H20O. The van der Waals surface area contributed by atoms with Crippen LogP contribution in [0.5, 0.6) is 0 Å². The predicted molar refractivity (Wildman–Crippen MR) is 73.2 cm³/mol. The molecule has 17 heavy (non-hydrogen) atoms. The standard InChI is InChI=1S/C16H20O/c1-4-5-12-6-7-14-11-15(16(2,3)17)9-8-13(14)10-12/h6-11,17H,4-5H2,1-3H3.